The Morgan fingerprint density at radius 1 is 1.29 bits per heavy atom. The second-order valence-electron chi connectivity index (χ2n) is 5.04. The van der Waals surface area contributed by atoms with Crippen molar-refractivity contribution in [2.75, 3.05) is 19.6 Å². The van der Waals surface area contributed by atoms with Gasteiger partial charge in [-0.2, -0.15) is 0 Å². The number of hydrogen-bond donors (Lipinski definition) is 2. The summed E-state index contributed by atoms with van der Waals surface area (Å²) >= 11 is 0. The van der Waals surface area contributed by atoms with Gasteiger partial charge in [0.15, 0.2) is 0 Å². The average Bonchev–Trinajstić information content (AvgIpc) is 2.76. The van der Waals surface area contributed by atoms with Gasteiger partial charge in [0.05, 0.1) is 5.92 Å². The molecular formula is C12H22N2O3. The predicted octanol–water partition coefficient (Wildman–Crippen LogP) is 1.54. The SMILES string of the molecule is CC(C)CC(CNC(=O)N1CCCC1)C(=O)O. The van der Waals surface area contributed by atoms with E-state index in [1.54, 1.807) is 4.90 Å². The molecule has 1 heterocycles. The molecule has 1 atom stereocenters. The maximum atomic E-state index is 11.7. The second-order valence-corrected chi connectivity index (χ2v) is 5.04. The first kappa shape index (κ1) is 13.8. The molecule has 0 aromatic carbocycles. The lowest BCUT2D eigenvalue weighted by molar-refractivity contribution is -0.142. The lowest BCUT2D eigenvalue weighted by Gasteiger charge is -2.19. The topological polar surface area (TPSA) is 69.6 Å². The zero-order valence-corrected chi connectivity index (χ0v) is 10.6. The van der Waals surface area contributed by atoms with E-state index in [1.807, 2.05) is 13.8 Å². The fourth-order valence-corrected chi connectivity index (χ4v) is 2.08. The molecule has 1 fully saturated rings. The molecule has 2 N–H and O–H groups in total. The van der Waals surface area contributed by atoms with E-state index in [2.05, 4.69) is 5.32 Å². The average molecular weight is 242 g/mol. The van der Waals surface area contributed by atoms with Gasteiger partial charge >= 0.3 is 12.0 Å². The number of nitrogens with zero attached hydrogens (tertiary/aromatic N) is 1. The van der Waals surface area contributed by atoms with Crippen LogP contribution in [0.15, 0.2) is 0 Å². The Kier molecular flexibility index (Phi) is 5.25. The zero-order valence-electron chi connectivity index (χ0n) is 10.6. The molecule has 1 unspecified atom stereocenters. The van der Waals surface area contributed by atoms with Gasteiger partial charge in [-0.3, -0.25) is 4.79 Å². The Morgan fingerprint density at radius 2 is 1.88 bits per heavy atom. The number of carbonyl (C=O) groups excluding carboxylic acids is 1. The van der Waals surface area contributed by atoms with Crippen molar-refractivity contribution in [3.63, 3.8) is 0 Å². The molecule has 0 spiro atoms. The van der Waals surface area contributed by atoms with Crippen molar-refractivity contribution in [2.24, 2.45) is 11.8 Å². The van der Waals surface area contributed by atoms with E-state index in [0.717, 1.165) is 25.9 Å². The van der Waals surface area contributed by atoms with Gasteiger partial charge in [-0.25, -0.2) is 4.79 Å². The van der Waals surface area contributed by atoms with Crippen LogP contribution in [-0.2, 0) is 4.79 Å². The largest absolute Gasteiger partial charge is 0.481 e. The van der Waals surface area contributed by atoms with Crippen molar-refractivity contribution in [1.29, 1.82) is 0 Å². The molecular weight excluding hydrogens is 220 g/mol. The number of aliphatic carboxylic acids is 1. The summed E-state index contributed by atoms with van der Waals surface area (Å²) in [6, 6.07) is -0.127. The number of rotatable bonds is 5. The zero-order chi connectivity index (χ0) is 12.8. The van der Waals surface area contributed by atoms with Crippen molar-refractivity contribution >= 4 is 12.0 Å². The maximum absolute atomic E-state index is 11.7. The summed E-state index contributed by atoms with van der Waals surface area (Å²) < 4.78 is 0. The molecule has 0 aromatic rings. The lowest BCUT2D eigenvalue weighted by atomic mass is 9.97. The number of amides is 2. The maximum Gasteiger partial charge on any atom is 0.317 e. The quantitative estimate of drug-likeness (QED) is 0.768. The standard InChI is InChI=1S/C12H22N2O3/c1-9(2)7-10(11(15)16)8-13-12(17)14-5-3-4-6-14/h9-10H,3-8H2,1-2H3,(H,13,17)(H,15,16). The smallest absolute Gasteiger partial charge is 0.317 e. The van der Waals surface area contributed by atoms with Crippen LogP contribution in [0.3, 0.4) is 0 Å². The van der Waals surface area contributed by atoms with Gasteiger partial charge in [0.25, 0.3) is 0 Å². The van der Waals surface area contributed by atoms with Crippen LogP contribution in [0.25, 0.3) is 0 Å². The van der Waals surface area contributed by atoms with Crippen LogP contribution >= 0.6 is 0 Å². The number of likely N-dealkylation sites (tertiary alicyclic amines) is 1. The normalized spacial score (nSPS) is 17.2. The summed E-state index contributed by atoms with van der Waals surface area (Å²) in [6.07, 6.45) is 2.68. The second kappa shape index (κ2) is 6.47. The van der Waals surface area contributed by atoms with Crippen molar-refractivity contribution in [2.45, 2.75) is 33.1 Å². The molecule has 1 aliphatic heterocycles. The number of carboxylic acid groups (broad SMARTS) is 1. The van der Waals surface area contributed by atoms with Gasteiger partial charge in [-0.05, 0) is 25.2 Å². The Hall–Kier alpha value is -1.26. The molecule has 1 saturated heterocycles. The number of hydrogen-bond acceptors (Lipinski definition) is 2. The molecule has 17 heavy (non-hydrogen) atoms. The van der Waals surface area contributed by atoms with Gasteiger partial charge in [-0.15, -0.1) is 0 Å². The molecule has 2 amide bonds. The minimum absolute atomic E-state index is 0.127. The third-order valence-electron chi connectivity index (χ3n) is 3.00. The number of carbonyl (C=O) groups is 2. The van der Waals surface area contributed by atoms with E-state index in [-0.39, 0.29) is 12.6 Å². The molecule has 0 aromatic heterocycles. The van der Waals surface area contributed by atoms with E-state index < -0.39 is 11.9 Å². The molecule has 98 valence electrons. The van der Waals surface area contributed by atoms with Crippen molar-refractivity contribution < 1.29 is 14.7 Å². The molecule has 1 rings (SSSR count). The van der Waals surface area contributed by atoms with Crippen LogP contribution in [0, 0.1) is 11.8 Å². The van der Waals surface area contributed by atoms with E-state index >= 15 is 0 Å². The van der Waals surface area contributed by atoms with Gasteiger partial charge in [0, 0.05) is 19.6 Å². The minimum Gasteiger partial charge on any atom is -0.481 e. The van der Waals surface area contributed by atoms with Gasteiger partial charge in [-0.1, -0.05) is 13.8 Å². The minimum atomic E-state index is -0.833. The van der Waals surface area contributed by atoms with Crippen molar-refractivity contribution in [3.05, 3.63) is 0 Å². The highest BCUT2D eigenvalue weighted by Crippen LogP contribution is 2.12. The van der Waals surface area contributed by atoms with Crippen molar-refractivity contribution in [1.82, 2.24) is 10.2 Å². The van der Waals surface area contributed by atoms with Crippen molar-refractivity contribution in [3.8, 4) is 0 Å². The Balaban J connectivity index is 2.35. The highest BCUT2D eigenvalue weighted by molar-refractivity contribution is 5.76. The number of urea groups is 1. The molecule has 0 radical (unpaired) electrons. The number of carboxylic acids is 1. The lowest BCUT2D eigenvalue weighted by Crippen LogP contribution is -2.41. The summed E-state index contributed by atoms with van der Waals surface area (Å²) in [6.45, 7) is 5.76. The first-order valence-corrected chi connectivity index (χ1v) is 6.26. The fourth-order valence-electron chi connectivity index (χ4n) is 2.08. The van der Waals surface area contributed by atoms with Crippen LogP contribution in [0.1, 0.15) is 33.1 Å². The number of nitrogens with one attached hydrogen (secondary N) is 1. The third-order valence-corrected chi connectivity index (χ3v) is 3.00. The van der Waals surface area contributed by atoms with Crippen LogP contribution in [0.4, 0.5) is 4.79 Å². The Morgan fingerprint density at radius 3 is 2.35 bits per heavy atom. The third kappa shape index (κ3) is 4.63. The summed E-state index contributed by atoms with van der Waals surface area (Å²) in [5, 5.41) is 11.8. The van der Waals surface area contributed by atoms with Gasteiger partial charge in [0.1, 0.15) is 0 Å². The molecule has 5 heteroatoms. The van der Waals surface area contributed by atoms with E-state index in [4.69, 9.17) is 5.11 Å². The Bertz CT molecular complexity index is 273. The highest BCUT2D eigenvalue weighted by Gasteiger charge is 2.22. The highest BCUT2D eigenvalue weighted by atomic mass is 16.4. The van der Waals surface area contributed by atoms with Gasteiger partial charge in [0.2, 0.25) is 0 Å². The van der Waals surface area contributed by atoms with Crippen LogP contribution in [0.5, 0.6) is 0 Å². The molecule has 5 nitrogen and oxygen atoms in total. The molecule has 0 bridgehead atoms. The summed E-state index contributed by atoms with van der Waals surface area (Å²) in [5.41, 5.74) is 0. The summed E-state index contributed by atoms with van der Waals surface area (Å²) in [7, 11) is 0. The Labute approximate surface area is 102 Å². The van der Waals surface area contributed by atoms with E-state index in [0.29, 0.717) is 12.3 Å². The molecule has 0 aliphatic carbocycles. The predicted molar refractivity (Wildman–Crippen MR) is 64.8 cm³/mol. The van der Waals surface area contributed by atoms with E-state index in [1.165, 1.54) is 0 Å². The fraction of sp³-hybridized carbons (Fsp3) is 0.833. The molecule has 0 saturated carbocycles. The van der Waals surface area contributed by atoms with Gasteiger partial charge < -0.3 is 15.3 Å². The van der Waals surface area contributed by atoms with Crippen LogP contribution < -0.4 is 5.32 Å². The first-order valence-electron chi connectivity index (χ1n) is 6.26. The summed E-state index contributed by atoms with van der Waals surface area (Å²) in [5.74, 6) is -0.998. The van der Waals surface area contributed by atoms with E-state index in [9.17, 15) is 9.59 Å². The van der Waals surface area contributed by atoms with Crippen LogP contribution in [-0.4, -0.2) is 41.6 Å². The molecule has 1 aliphatic rings. The first-order chi connectivity index (χ1) is 8.00. The monoisotopic (exact) mass is 242 g/mol. The summed E-state index contributed by atoms with van der Waals surface area (Å²) in [4.78, 5) is 24.4. The van der Waals surface area contributed by atoms with Crippen LogP contribution in [0.2, 0.25) is 0 Å².